The van der Waals surface area contributed by atoms with Crippen LogP contribution in [0.15, 0.2) is 18.6 Å². The third-order valence-corrected chi connectivity index (χ3v) is 3.97. The lowest BCUT2D eigenvalue weighted by Gasteiger charge is -2.36. The molecular formula is C14H20N4O2. The van der Waals surface area contributed by atoms with Crippen molar-refractivity contribution in [3.05, 3.63) is 18.6 Å². The van der Waals surface area contributed by atoms with E-state index in [2.05, 4.69) is 14.9 Å². The summed E-state index contributed by atoms with van der Waals surface area (Å²) in [7, 11) is 0. The van der Waals surface area contributed by atoms with Crippen molar-refractivity contribution in [1.82, 2.24) is 14.9 Å². The molecule has 20 heavy (non-hydrogen) atoms. The highest BCUT2D eigenvalue weighted by molar-refractivity contribution is 5.79. The van der Waals surface area contributed by atoms with E-state index in [0.717, 1.165) is 44.8 Å². The quantitative estimate of drug-likeness (QED) is 0.789. The summed E-state index contributed by atoms with van der Waals surface area (Å²) in [5.41, 5.74) is 0. The first kappa shape index (κ1) is 13.3. The van der Waals surface area contributed by atoms with Crippen LogP contribution in [0.3, 0.4) is 0 Å². The number of hydrogen-bond donors (Lipinski definition) is 0. The molecule has 1 atom stereocenters. The van der Waals surface area contributed by atoms with Crippen molar-refractivity contribution < 1.29 is 9.53 Å². The molecule has 108 valence electrons. The Morgan fingerprint density at radius 2 is 2.10 bits per heavy atom. The summed E-state index contributed by atoms with van der Waals surface area (Å²) in [6.07, 6.45) is 7.12. The Morgan fingerprint density at radius 3 is 2.85 bits per heavy atom. The molecule has 1 amide bonds. The number of piperidine rings is 1. The Kier molecular flexibility index (Phi) is 4.11. The SMILES string of the molecule is O=C(C1CCCN(c2cnccn2)C1)N1CCOCC1. The lowest BCUT2D eigenvalue weighted by molar-refractivity contribution is -0.139. The number of rotatable bonds is 2. The predicted octanol–water partition coefficient (Wildman–Crippen LogP) is 0.552. The van der Waals surface area contributed by atoms with Gasteiger partial charge in [0.2, 0.25) is 5.91 Å². The van der Waals surface area contributed by atoms with Crippen LogP contribution in [0, 0.1) is 5.92 Å². The fourth-order valence-corrected chi connectivity index (χ4v) is 2.88. The molecule has 2 fully saturated rings. The van der Waals surface area contributed by atoms with Gasteiger partial charge in [0.1, 0.15) is 5.82 Å². The lowest BCUT2D eigenvalue weighted by Crippen LogP contribution is -2.48. The Balaban J connectivity index is 1.64. The van der Waals surface area contributed by atoms with Gasteiger partial charge in [-0.2, -0.15) is 0 Å². The molecule has 0 bridgehead atoms. The second-order valence-electron chi connectivity index (χ2n) is 5.29. The standard InChI is InChI=1S/C14H20N4O2/c19-14(17-6-8-20-9-7-17)12-2-1-5-18(11-12)13-10-15-3-4-16-13/h3-4,10,12H,1-2,5-9,11H2. The number of anilines is 1. The number of carbonyl (C=O) groups excluding carboxylic acids is 1. The van der Waals surface area contributed by atoms with Gasteiger partial charge in [0.05, 0.1) is 25.3 Å². The Bertz CT molecular complexity index is 448. The molecule has 1 aromatic rings. The number of nitrogens with zero attached hydrogens (tertiary/aromatic N) is 4. The van der Waals surface area contributed by atoms with Gasteiger partial charge in [0, 0.05) is 38.6 Å². The van der Waals surface area contributed by atoms with Crippen LogP contribution in [-0.2, 0) is 9.53 Å². The maximum absolute atomic E-state index is 12.5. The van der Waals surface area contributed by atoms with Gasteiger partial charge in [-0.05, 0) is 12.8 Å². The van der Waals surface area contributed by atoms with Crippen molar-refractivity contribution in [1.29, 1.82) is 0 Å². The molecule has 0 saturated carbocycles. The number of hydrogen-bond acceptors (Lipinski definition) is 5. The van der Waals surface area contributed by atoms with E-state index in [1.54, 1.807) is 18.6 Å². The Hall–Kier alpha value is -1.69. The van der Waals surface area contributed by atoms with E-state index in [9.17, 15) is 4.79 Å². The highest BCUT2D eigenvalue weighted by Gasteiger charge is 2.30. The monoisotopic (exact) mass is 276 g/mol. The molecule has 1 unspecified atom stereocenters. The zero-order valence-electron chi connectivity index (χ0n) is 11.6. The minimum atomic E-state index is 0.0730. The summed E-state index contributed by atoms with van der Waals surface area (Å²) in [5.74, 6) is 1.21. The second-order valence-corrected chi connectivity index (χ2v) is 5.29. The van der Waals surface area contributed by atoms with Crippen LogP contribution in [0.25, 0.3) is 0 Å². The topological polar surface area (TPSA) is 58.6 Å². The van der Waals surface area contributed by atoms with Crippen molar-refractivity contribution in [3.8, 4) is 0 Å². The van der Waals surface area contributed by atoms with Crippen LogP contribution in [0.1, 0.15) is 12.8 Å². The number of morpholine rings is 1. The molecule has 0 aromatic carbocycles. The van der Waals surface area contributed by atoms with E-state index in [0.29, 0.717) is 13.2 Å². The van der Waals surface area contributed by atoms with E-state index in [-0.39, 0.29) is 11.8 Å². The summed E-state index contributed by atoms with van der Waals surface area (Å²) < 4.78 is 5.31. The molecule has 0 spiro atoms. The van der Waals surface area contributed by atoms with Gasteiger partial charge < -0.3 is 14.5 Å². The minimum Gasteiger partial charge on any atom is -0.378 e. The average molecular weight is 276 g/mol. The van der Waals surface area contributed by atoms with Crippen molar-refractivity contribution >= 4 is 11.7 Å². The van der Waals surface area contributed by atoms with Gasteiger partial charge in [-0.1, -0.05) is 0 Å². The molecule has 6 nitrogen and oxygen atoms in total. The average Bonchev–Trinajstić information content (AvgIpc) is 2.56. The van der Waals surface area contributed by atoms with Crippen LogP contribution in [0.4, 0.5) is 5.82 Å². The molecule has 0 N–H and O–H groups in total. The zero-order valence-corrected chi connectivity index (χ0v) is 11.6. The molecule has 3 rings (SSSR count). The van der Waals surface area contributed by atoms with E-state index in [4.69, 9.17) is 4.74 Å². The molecule has 0 aliphatic carbocycles. The Labute approximate surface area is 118 Å². The summed E-state index contributed by atoms with van der Waals surface area (Å²) >= 11 is 0. The van der Waals surface area contributed by atoms with E-state index in [1.165, 1.54) is 0 Å². The molecule has 2 aliphatic rings. The molecule has 1 aromatic heterocycles. The largest absolute Gasteiger partial charge is 0.378 e. The number of aromatic nitrogens is 2. The van der Waals surface area contributed by atoms with Crippen molar-refractivity contribution in [3.63, 3.8) is 0 Å². The maximum atomic E-state index is 12.5. The first-order valence-corrected chi connectivity index (χ1v) is 7.22. The van der Waals surface area contributed by atoms with Crippen molar-refractivity contribution in [2.75, 3.05) is 44.3 Å². The fraction of sp³-hybridized carbons (Fsp3) is 0.643. The van der Waals surface area contributed by atoms with Crippen LogP contribution in [0.2, 0.25) is 0 Å². The third kappa shape index (κ3) is 2.90. The summed E-state index contributed by atoms with van der Waals surface area (Å²) in [6, 6.07) is 0. The molecule has 0 radical (unpaired) electrons. The number of ether oxygens (including phenoxy) is 1. The van der Waals surface area contributed by atoms with Crippen molar-refractivity contribution in [2.24, 2.45) is 5.92 Å². The molecule has 2 aliphatic heterocycles. The normalized spacial score (nSPS) is 23.7. The number of amides is 1. The first-order chi connectivity index (χ1) is 9.84. The third-order valence-electron chi connectivity index (χ3n) is 3.97. The maximum Gasteiger partial charge on any atom is 0.227 e. The van der Waals surface area contributed by atoms with Crippen LogP contribution in [0.5, 0.6) is 0 Å². The first-order valence-electron chi connectivity index (χ1n) is 7.22. The molecule has 3 heterocycles. The van der Waals surface area contributed by atoms with Gasteiger partial charge in [-0.15, -0.1) is 0 Å². The highest BCUT2D eigenvalue weighted by atomic mass is 16.5. The minimum absolute atomic E-state index is 0.0730. The van der Waals surface area contributed by atoms with Gasteiger partial charge in [0.25, 0.3) is 0 Å². The second kappa shape index (κ2) is 6.17. The Morgan fingerprint density at radius 1 is 1.25 bits per heavy atom. The van der Waals surface area contributed by atoms with E-state index in [1.807, 2.05) is 4.90 Å². The number of carbonyl (C=O) groups is 1. The summed E-state index contributed by atoms with van der Waals surface area (Å²) in [5, 5.41) is 0. The summed E-state index contributed by atoms with van der Waals surface area (Å²) in [4.78, 5) is 25.1. The smallest absolute Gasteiger partial charge is 0.227 e. The van der Waals surface area contributed by atoms with Gasteiger partial charge in [-0.3, -0.25) is 9.78 Å². The zero-order chi connectivity index (χ0) is 13.8. The van der Waals surface area contributed by atoms with Gasteiger partial charge in [0.15, 0.2) is 0 Å². The van der Waals surface area contributed by atoms with Gasteiger partial charge >= 0.3 is 0 Å². The fourth-order valence-electron chi connectivity index (χ4n) is 2.88. The van der Waals surface area contributed by atoms with Crippen LogP contribution < -0.4 is 4.90 Å². The van der Waals surface area contributed by atoms with Gasteiger partial charge in [-0.25, -0.2) is 4.98 Å². The lowest BCUT2D eigenvalue weighted by atomic mass is 9.96. The van der Waals surface area contributed by atoms with Crippen LogP contribution >= 0.6 is 0 Å². The van der Waals surface area contributed by atoms with Crippen molar-refractivity contribution in [2.45, 2.75) is 12.8 Å². The van der Waals surface area contributed by atoms with E-state index >= 15 is 0 Å². The molecule has 2 saturated heterocycles. The van der Waals surface area contributed by atoms with E-state index < -0.39 is 0 Å². The highest BCUT2D eigenvalue weighted by Crippen LogP contribution is 2.22. The summed E-state index contributed by atoms with van der Waals surface area (Å²) in [6.45, 7) is 4.46. The molecule has 6 heteroatoms. The molecular weight excluding hydrogens is 256 g/mol. The predicted molar refractivity (Wildman–Crippen MR) is 74.4 cm³/mol. The van der Waals surface area contributed by atoms with Crippen LogP contribution in [-0.4, -0.2) is 60.2 Å².